The Morgan fingerprint density at radius 3 is 2.74 bits per heavy atom. The number of hydrogen-bond donors (Lipinski definition) is 1. The van der Waals surface area contributed by atoms with Crippen molar-refractivity contribution in [2.24, 2.45) is 0 Å². The van der Waals surface area contributed by atoms with Crippen molar-refractivity contribution in [1.82, 2.24) is 4.98 Å². The zero-order valence-electron chi connectivity index (χ0n) is 12.6. The van der Waals surface area contributed by atoms with E-state index in [-0.39, 0.29) is 5.91 Å². The fourth-order valence-corrected chi connectivity index (χ4v) is 3.58. The van der Waals surface area contributed by atoms with Crippen molar-refractivity contribution in [3.8, 4) is 16.3 Å². The van der Waals surface area contributed by atoms with Crippen LogP contribution in [0.15, 0.2) is 47.2 Å². The monoisotopic (exact) mass is 344 g/mol. The molecule has 0 radical (unpaired) electrons. The van der Waals surface area contributed by atoms with Gasteiger partial charge in [0.05, 0.1) is 23.6 Å². The number of thiophene rings is 1. The average Bonchev–Trinajstić information content (AvgIpc) is 3.20. The molecule has 0 aliphatic rings. The van der Waals surface area contributed by atoms with Gasteiger partial charge in [0, 0.05) is 5.38 Å². The molecular formula is C17H16N2O2S2. The van der Waals surface area contributed by atoms with Gasteiger partial charge in [0.2, 0.25) is 5.91 Å². The van der Waals surface area contributed by atoms with Crippen LogP contribution in [0.2, 0.25) is 0 Å². The number of carbonyl (C=O) groups excluding carboxylic acids is 1. The van der Waals surface area contributed by atoms with Crippen LogP contribution in [-0.4, -0.2) is 17.5 Å². The topological polar surface area (TPSA) is 51.2 Å². The maximum Gasteiger partial charge on any atom is 0.230 e. The van der Waals surface area contributed by atoms with Gasteiger partial charge in [-0.25, -0.2) is 4.98 Å². The Morgan fingerprint density at radius 1 is 1.22 bits per heavy atom. The Kier molecular flexibility index (Phi) is 5.05. The molecule has 0 spiro atoms. The molecule has 3 aromatic rings. The second kappa shape index (κ2) is 7.39. The molecule has 6 heteroatoms. The van der Waals surface area contributed by atoms with E-state index in [1.807, 2.05) is 54.1 Å². The number of carbonyl (C=O) groups is 1. The first kappa shape index (κ1) is 15.7. The number of anilines is 1. The highest BCUT2D eigenvalue weighted by Crippen LogP contribution is 2.28. The molecule has 4 nitrogen and oxygen atoms in total. The van der Waals surface area contributed by atoms with Crippen LogP contribution in [0, 0.1) is 0 Å². The van der Waals surface area contributed by atoms with Crippen molar-refractivity contribution in [3.05, 3.63) is 52.7 Å². The first-order valence-electron chi connectivity index (χ1n) is 7.25. The van der Waals surface area contributed by atoms with E-state index in [1.165, 1.54) is 11.3 Å². The summed E-state index contributed by atoms with van der Waals surface area (Å²) in [6.45, 7) is 2.58. The second-order valence-electron chi connectivity index (χ2n) is 4.82. The highest BCUT2D eigenvalue weighted by Gasteiger charge is 2.09. The van der Waals surface area contributed by atoms with Crippen molar-refractivity contribution >= 4 is 33.7 Å². The first-order chi connectivity index (χ1) is 11.2. The van der Waals surface area contributed by atoms with Crippen molar-refractivity contribution < 1.29 is 9.53 Å². The number of ether oxygens (including phenoxy) is 1. The van der Waals surface area contributed by atoms with E-state index < -0.39 is 0 Å². The van der Waals surface area contributed by atoms with E-state index in [0.29, 0.717) is 18.2 Å². The zero-order valence-corrected chi connectivity index (χ0v) is 14.2. The van der Waals surface area contributed by atoms with Crippen LogP contribution in [0.3, 0.4) is 0 Å². The minimum atomic E-state index is -0.0683. The van der Waals surface area contributed by atoms with Gasteiger partial charge in [0.1, 0.15) is 5.75 Å². The van der Waals surface area contributed by atoms with Crippen molar-refractivity contribution in [1.29, 1.82) is 0 Å². The molecule has 1 amide bonds. The maximum atomic E-state index is 12.1. The number of aromatic nitrogens is 1. The van der Waals surface area contributed by atoms with Gasteiger partial charge in [-0.1, -0.05) is 18.2 Å². The summed E-state index contributed by atoms with van der Waals surface area (Å²) in [5.74, 6) is 0.749. The van der Waals surface area contributed by atoms with Gasteiger partial charge in [-0.3, -0.25) is 4.79 Å². The Labute approximate surface area is 142 Å². The number of rotatable bonds is 6. The predicted molar refractivity (Wildman–Crippen MR) is 95.4 cm³/mol. The lowest BCUT2D eigenvalue weighted by molar-refractivity contribution is -0.115. The molecule has 2 heterocycles. The van der Waals surface area contributed by atoms with Crippen molar-refractivity contribution in [2.45, 2.75) is 13.3 Å². The Hall–Kier alpha value is -2.18. The summed E-state index contributed by atoms with van der Waals surface area (Å²) in [5, 5.41) is 7.45. The van der Waals surface area contributed by atoms with Crippen LogP contribution >= 0.6 is 22.7 Å². The molecule has 0 saturated heterocycles. The smallest absolute Gasteiger partial charge is 0.230 e. The summed E-state index contributed by atoms with van der Waals surface area (Å²) in [4.78, 5) is 17.7. The second-order valence-corrected chi connectivity index (χ2v) is 6.62. The molecule has 0 bridgehead atoms. The third-order valence-electron chi connectivity index (χ3n) is 3.12. The summed E-state index contributed by atoms with van der Waals surface area (Å²) in [5.41, 5.74) is 1.85. The van der Waals surface area contributed by atoms with Crippen LogP contribution in [0.25, 0.3) is 10.6 Å². The Morgan fingerprint density at radius 2 is 2.04 bits per heavy atom. The number of benzene rings is 1. The van der Waals surface area contributed by atoms with Gasteiger partial charge < -0.3 is 10.1 Å². The Bertz CT molecular complexity index is 764. The summed E-state index contributed by atoms with van der Waals surface area (Å²) >= 11 is 3.08. The van der Waals surface area contributed by atoms with E-state index in [9.17, 15) is 4.79 Å². The van der Waals surface area contributed by atoms with E-state index in [0.717, 1.165) is 21.9 Å². The van der Waals surface area contributed by atoms with E-state index in [2.05, 4.69) is 10.3 Å². The van der Waals surface area contributed by atoms with Crippen LogP contribution in [-0.2, 0) is 11.2 Å². The summed E-state index contributed by atoms with van der Waals surface area (Å²) < 4.78 is 5.39. The fourth-order valence-electron chi connectivity index (χ4n) is 2.09. The molecule has 0 fully saturated rings. The molecule has 1 aromatic carbocycles. The summed E-state index contributed by atoms with van der Waals surface area (Å²) in [6, 6.07) is 11.6. The number of amides is 1. The highest BCUT2D eigenvalue weighted by atomic mass is 32.1. The minimum absolute atomic E-state index is 0.0683. The molecule has 1 N–H and O–H groups in total. The largest absolute Gasteiger partial charge is 0.494 e. The number of thiazole rings is 1. The molecule has 0 saturated carbocycles. The molecule has 118 valence electrons. The maximum absolute atomic E-state index is 12.1. The third-order valence-corrected chi connectivity index (χ3v) is 4.77. The molecule has 23 heavy (non-hydrogen) atoms. The SMILES string of the molecule is CCOc1ccc(CC(=O)Nc2nc(-c3cccs3)cs2)cc1. The first-order valence-corrected chi connectivity index (χ1v) is 9.01. The quantitative estimate of drug-likeness (QED) is 0.719. The highest BCUT2D eigenvalue weighted by molar-refractivity contribution is 7.16. The fraction of sp³-hybridized carbons (Fsp3) is 0.176. The third kappa shape index (κ3) is 4.18. The van der Waals surface area contributed by atoms with Gasteiger partial charge in [-0.15, -0.1) is 22.7 Å². The van der Waals surface area contributed by atoms with E-state index in [1.54, 1.807) is 11.3 Å². The van der Waals surface area contributed by atoms with Gasteiger partial charge in [-0.05, 0) is 36.1 Å². The lowest BCUT2D eigenvalue weighted by Gasteiger charge is -2.05. The molecular weight excluding hydrogens is 328 g/mol. The Balaban J connectivity index is 1.59. The van der Waals surface area contributed by atoms with Gasteiger partial charge in [0.15, 0.2) is 5.13 Å². The van der Waals surface area contributed by atoms with Crippen molar-refractivity contribution in [2.75, 3.05) is 11.9 Å². The normalized spacial score (nSPS) is 10.5. The van der Waals surface area contributed by atoms with Crippen LogP contribution < -0.4 is 10.1 Å². The average molecular weight is 344 g/mol. The van der Waals surface area contributed by atoms with Gasteiger partial charge in [0.25, 0.3) is 0 Å². The standard InChI is InChI=1S/C17H16N2O2S2/c1-2-21-13-7-5-12(6-8-13)10-16(20)19-17-18-14(11-23-17)15-4-3-9-22-15/h3-9,11H,2,10H2,1H3,(H,18,19,20). The summed E-state index contributed by atoms with van der Waals surface area (Å²) in [7, 11) is 0. The lowest BCUT2D eigenvalue weighted by Crippen LogP contribution is -2.14. The molecule has 0 aliphatic heterocycles. The lowest BCUT2D eigenvalue weighted by atomic mass is 10.1. The van der Waals surface area contributed by atoms with Crippen LogP contribution in [0.1, 0.15) is 12.5 Å². The number of nitrogens with one attached hydrogen (secondary N) is 1. The molecule has 0 unspecified atom stereocenters. The molecule has 2 aromatic heterocycles. The van der Waals surface area contributed by atoms with Gasteiger partial charge in [-0.2, -0.15) is 0 Å². The minimum Gasteiger partial charge on any atom is -0.494 e. The van der Waals surface area contributed by atoms with Gasteiger partial charge >= 0.3 is 0 Å². The number of hydrogen-bond acceptors (Lipinski definition) is 5. The number of nitrogens with zero attached hydrogens (tertiary/aromatic N) is 1. The van der Waals surface area contributed by atoms with E-state index in [4.69, 9.17) is 4.74 Å². The van der Waals surface area contributed by atoms with Crippen LogP contribution in [0.5, 0.6) is 5.75 Å². The van der Waals surface area contributed by atoms with E-state index >= 15 is 0 Å². The van der Waals surface area contributed by atoms with Crippen LogP contribution in [0.4, 0.5) is 5.13 Å². The molecule has 3 rings (SSSR count). The summed E-state index contributed by atoms with van der Waals surface area (Å²) in [6.07, 6.45) is 0.320. The predicted octanol–water partition coefficient (Wildman–Crippen LogP) is 4.45. The zero-order chi connectivity index (χ0) is 16.1. The van der Waals surface area contributed by atoms with Crippen molar-refractivity contribution in [3.63, 3.8) is 0 Å². The molecule has 0 aliphatic carbocycles. The molecule has 0 atom stereocenters.